The molecule has 1 aromatic heterocycles. The van der Waals surface area contributed by atoms with Gasteiger partial charge in [0.05, 0.1) is 22.7 Å². The summed E-state index contributed by atoms with van der Waals surface area (Å²) in [6.07, 6.45) is 3.60. The highest BCUT2D eigenvalue weighted by Gasteiger charge is 2.20. The number of halogens is 1. The molecule has 2 heterocycles. The van der Waals surface area contributed by atoms with Crippen LogP contribution < -0.4 is 5.43 Å². The SMILES string of the molecule is CC1=NNC(=O)C1=Cc1cn(-c2ccccc2)nc1-c1ccc(F)cc1. The number of hydrogen-bond acceptors (Lipinski definition) is 3. The molecule has 0 radical (unpaired) electrons. The van der Waals surface area contributed by atoms with Crippen molar-refractivity contribution in [1.82, 2.24) is 15.2 Å². The fourth-order valence-electron chi connectivity index (χ4n) is 2.78. The van der Waals surface area contributed by atoms with E-state index in [2.05, 4.69) is 15.6 Å². The van der Waals surface area contributed by atoms with Gasteiger partial charge in [-0.1, -0.05) is 18.2 Å². The van der Waals surface area contributed by atoms with Gasteiger partial charge in [0.25, 0.3) is 5.91 Å². The quantitative estimate of drug-likeness (QED) is 0.737. The molecule has 3 aromatic rings. The van der Waals surface area contributed by atoms with E-state index in [4.69, 9.17) is 0 Å². The van der Waals surface area contributed by atoms with E-state index in [-0.39, 0.29) is 11.7 Å². The molecule has 4 rings (SSSR count). The normalized spacial score (nSPS) is 15.2. The Hall–Kier alpha value is -3.54. The lowest BCUT2D eigenvalue weighted by molar-refractivity contribution is -0.116. The Kier molecular flexibility index (Phi) is 3.93. The van der Waals surface area contributed by atoms with Crippen molar-refractivity contribution in [1.29, 1.82) is 0 Å². The maximum atomic E-state index is 13.3. The summed E-state index contributed by atoms with van der Waals surface area (Å²) in [6, 6.07) is 15.8. The van der Waals surface area contributed by atoms with Crippen molar-refractivity contribution in [2.45, 2.75) is 6.92 Å². The number of nitrogens with zero attached hydrogens (tertiary/aromatic N) is 3. The van der Waals surface area contributed by atoms with Crippen LogP contribution in [0.5, 0.6) is 0 Å². The third-order valence-electron chi connectivity index (χ3n) is 4.14. The number of carbonyl (C=O) groups is 1. The van der Waals surface area contributed by atoms with Gasteiger partial charge in [0.15, 0.2) is 0 Å². The van der Waals surface area contributed by atoms with E-state index in [1.165, 1.54) is 12.1 Å². The van der Waals surface area contributed by atoms with Crippen LogP contribution in [0.15, 0.2) is 71.5 Å². The molecule has 0 aliphatic carbocycles. The van der Waals surface area contributed by atoms with Crippen molar-refractivity contribution in [3.8, 4) is 16.9 Å². The van der Waals surface area contributed by atoms with Crippen LogP contribution >= 0.6 is 0 Å². The van der Waals surface area contributed by atoms with Crippen LogP contribution in [0.2, 0.25) is 0 Å². The lowest BCUT2D eigenvalue weighted by Gasteiger charge is -2.01. The van der Waals surface area contributed by atoms with E-state index in [1.807, 2.05) is 36.5 Å². The first-order chi connectivity index (χ1) is 12.6. The Morgan fingerprint density at radius 3 is 2.46 bits per heavy atom. The van der Waals surface area contributed by atoms with Crippen LogP contribution in [0, 0.1) is 5.82 Å². The van der Waals surface area contributed by atoms with Gasteiger partial charge < -0.3 is 0 Å². The summed E-state index contributed by atoms with van der Waals surface area (Å²) in [5.74, 6) is -0.561. The number of benzene rings is 2. The van der Waals surface area contributed by atoms with Crippen molar-refractivity contribution in [3.05, 3.63) is 77.7 Å². The van der Waals surface area contributed by atoms with Crippen molar-refractivity contribution < 1.29 is 9.18 Å². The highest BCUT2D eigenvalue weighted by atomic mass is 19.1. The monoisotopic (exact) mass is 346 g/mol. The zero-order valence-electron chi connectivity index (χ0n) is 14.0. The summed E-state index contributed by atoms with van der Waals surface area (Å²) in [5, 5.41) is 8.60. The number of rotatable bonds is 3. The molecular formula is C20H15FN4O. The van der Waals surface area contributed by atoms with Crippen LogP contribution in [-0.4, -0.2) is 21.4 Å². The molecule has 0 spiro atoms. The van der Waals surface area contributed by atoms with E-state index in [9.17, 15) is 9.18 Å². The average Bonchev–Trinajstić information content (AvgIpc) is 3.22. The van der Waals surface area contributed by atoms with Crippen LogP contribution in [-0.2, 0) is 4.79 Å². The summed E-state index contributed by atoms with van der Waals surface area (Å²) >= 11 is 0. The summed E-state index contributed by atoms with van der Waals surface area (Å²) in [5.41, 5.74) is 6.62. The predicted octanol–water partition coefficient (Wildman–Crippen LogP) is 3.57. The number of carbonyl (C=O) groups excluding carboxylic acids is 1. The number of hydrogen-bond donors (Lipinski definition) is 1. The number of hydrazone groups is 1. The second-order valence-corrected chi connectivity index (χ2v) is 5.92. The standard InChI is InChI=1S/C20H15FN4O/c1-13-18(20(26)23-22-13)11-15-12-25(17-5-3-2-4-6-17)24-19(15)14-7-9-16(21)10-8-14/h2-12H,1H3,(H,23,26). The van der Waals surface area contributed by atoms with Gasteiger partial charge in [-0.15, -0.1) is 0 Å². The Balaban J connectivity index is 1.87. The average molecular weight is 346 g/mol. The van der Waals surface area contributed by atoms with Crippen LogP contribution in [0.3, 0.4) is 0 Å². The first kappa shape index (κ1) is 16.0. The molecule has 0 saturated heterocycles. The van der Waals surface area contributed by atoms with Crippen LogP contribution in [0.4, 0.5) is 4.39 Å². The molecule has 1 aliphatic heterocycles. The molecule has 0 saturated carbocycles. The zero-order chi connectivity index (χ0) is 18.1. The third kappa shape index (κ3) is 2.93. The topological polar surface area (TPSA) is 59.3 Å². The second-order valence-electron chi connectivity index (χ2n) is 5.92. The molecule has 6 heteroatoms. The summed E-state index contributed by atoms with van der Waals surface area (Å²) in [4.78, 5) is 12.0. The van der Waals surface area contributed by atoms with Gasteiger partial charge in [-0.3, -0.25) is 4.79 Å². The molecule has 2 aromatic carbocycles. The third-order valence-corrected chi connectivity index (χ3v) is 4.14. The molecule has 0 unspecified atom stereocenters. The first-order valence-corrected chi connectivity index (χ1v) is 8.09. The number of amides is 1. The summed E-state index contributed by atoms with van der Waals surface area (Å²) in [7, 11) is 0. The minimum absolute atomic E-state index is 0.250. The first-order valence-electron chi connectivity index (χ1n) is 8.09. The summed E-state index contributed by atoms with van der Waals surface area (Å²) < 4.78 is 15.0. The maximum Gasteiger partial charge on any atom is 0.273 e. The summed E-state index contributed by atoms with van der Waals surface area (Å²) in [6.45, 7) is 1.77. The van der Waals surface area contributed by atoms with Gasteiger partial charge in [-0.25, -0.2) is 14.5 Å². The van der Waals surface area contributed by atoms with Gasteiger partial charge in [0.2, 0.25) is 0 Å². The lowest BCUT2D eigenvalue weighted by Crippen LogP contribution is -2.12. The van der Waals surface area contributed by atoms with Gasteiger partial charge in [-0.05, 0) is 49.4 Å². The molecule has 0 fully saturated rings. The smallest absolute Gasteiger partial charge is 0.267 e. The van der Waals surface area contributed by atoms with Crippen molar-refractivity contribution >= 4 is 17.7 Å². The minimum atomic E-state index is -0.311. The fraction of sp³-hybridized carbons (Fsp3) is 0.0500. The highest BCUT2D eigenvalue weighted by Crippen LogP contribution is 2.26. The molecule has 26 heavy (non-hydrogen) atoms. The fourth-order valence-corrected chi connectivity index (χ4v) is 2.78. The zero-order valence-corrected chi connectivity index (χ0v) is 14.0. The van der Waals surface area contributed by atoms with Gasteiger partial charge in [0.1, 0.15) is 5.82 Å². The molecule has 1 amide bonds. The highest BCUT2D eigenvalue weighted by molar-refractivity contribution is 6.26. The second kappa shape index (κ2) is 6.40. The molecular weight excluding hydrogens is 331 g/mol. The van der Waals surface area contributed by atoms with E-state index in [0.29, 0.717) is 17.0 Å². The number of nitrogens with one attached hydrogen (secondary N) is 1. The van der Waals surface area contributed by atoms with Gasteiger partial charge in [0, 0.05) is 17.3 Å². The molecule has 1 N–H and O–H groups in total. The minimum Gasteiger partial charge on any atom is -0.267 e. The Morgan fingerprint density at radius 1 is 1.08 bits per heavy atom. The molecule has 5 nitrogen and oxygen atoms in total. The van der Waals surface area contributed by atoms with E-state index < -0.39 is 0 Å². The molecule has 0 bridgehead atoms. The van der Waals surface area contributed by atoms with Crippen molar-refractivity contribution in [2.24, 2.45) is 5.10 Å². The van der Waals surface area contributed by atoms with Crippen molar-refractivity contribution in [3.63, 3.8) is 0 Å². The lowest BCUT2D eigenvalue weighted by atomic mass is 10.0. The van der Waals surface area contributed by atoms with Gasteiger partial charge in [-0.2, -0.15) is 10.2 Å². The van der Waals surface area contributed by atoms with Crippen LogP contribution in [0.25, 0.3) is 23.0 Å². The van der Waals surface area contributed by atoms with Gasteiger partial charge >= 0.3 is 0 Å². The Morgan fingerprint density at radius 2 is 1.81 bits per heavy atom. The van der Waals surface area contributed by atoms with Crippen LogP contribution in [0.1, 0.15) is 12.5 Å². The van der Waals surface area contributed by atoms with E-state index in [1.54, 1.807) is 29.8 Å². The number of aromatic nitrogens is 2. The van der Waals surface area contributed by atoms with Crippen molar-refractivity contribution in [2.75, 3.05) is 0 Å². The number of para-hydroxylation sites is 1. The Bertz CT molecular complexity index is 1030. The molecule has 1 aliphatic rings. The largest absolute Gasteiger partial charge is 0.273 e. The predicted molar refractivity (Wildman–Crippen MR) is 98.2 cm³/mol. The molecule has 0 atom stereocenters. The Labute approximate surface area is 149 Å². The van der Waals surface area contributed by atoms with E-state index in [0.717, 1.165) is 16.8 Å². The maximum absolute atomic E-state index is 13.3. The molecule has 128 valence electrons. The van der Waals surface area contributed by atoms with E-state index >= 15 is 0 Å².